The van der Waals surface area contributed by atoms with Crippen LogP contribution in [0.15, 0.2) is 27.6 Å². The molecule has 19 heavy (non-hydrogen) atoms. The van der Waals surface area contributed by atoms with Gasteiger partial charge in [-0.3, -0.25) is 0 Å². The molecule has 2 aliphatic carbocycles. The van der Waals surface area contributed by atoms with E-state index in [1.807, 2.05) is 0 Å². The van der Waals surface area contributed by atoms with Gasteiger partial charge in [0.25, 0.3) is 0 Å². The molecule has 2 fully saturated rings. The van der Waals surface area contributed by atoms with Crippen LogP contribution in [0.4, 0.5) is 0 Å². The van der Waals surface area contributed by atoms with E-state index in [9.17, 15) is 8.42 Å². The molecule has 104 valence electrons. The van der Waals surface area contributed by atoms with Gasteiger partial charge in [-0.2, -0.15) is 0 Å². The molecule has 0 bridgehead atoms. The summed E-state index contributed by atoms with van der Waals surface area (Å²) in [6, 6.07) is 4.82. The van der Waals surface area contributed by atoms with Crippen LogP contribution in [-0.2, 0) is 10.0 Å². The zero-order valence-corrected chi connectivity index (χ0v) is 13.5. The highest BCUT2D eigenvalue weighted by Crippen LogP contribution is 2.60. The predicted octanol–water partition coefficient (Wildman–Crippen LogP) is 3.57. The van der Waals surface area contributed by atoms with E-state index in [1.165, 1.54) is 18.9 Å². The fourth-order valence-corrected chi connectivity index (χ4v) is 4.77. The van der Waals surface area contributed by atoms with Crippen LogP contribution in [0.2, 0.25) is 5.02 Å². The summed E-state index contributed by atoms with van der Waals surface area (Å²) in [5.41, 5.74) is 0.245. The van der Waals surface area contributed by atoms with Crippen LogP contribution in [0, 0.1) is 11.3 Å². The molecule has 0 aliphatic heterocycles. The van der Waals surface area contributed by atoms with Crippen LogP contribution < -0.4 is 4.72 Å². The standard InChI is InChI=1S/C13H15BrClNO2S/c14-10-3-4-12(11(15)7-10)19(17,18)16-8-13(5-6-13)9-1-2-9/h3-4,7,9,16H,1-2,5-6,8H2. The van der Waals surface area contributed by atoms with Crippen LogP contribution >= 0.6 is 27.5 Å². The largest absolute Gasteiger partial charge is 0.242 e. The van der Waals surface area contributed by atoms with Crippen LogP contribution in [0.3, 0.4) is 0 Å². The maximum absolute atomic E-state index is 12.3. The van der Waals surface area contributed by atoms with Gasteiger partial charge in [-0.25, -0.2) is 13.1 Å². The van der Waals surface area contributed by atoms with E-state index in [1.54, 1.807) is 12.1 Å². The van der Waals surface area contributed by atoms with Gasteiger partial charge in [0, 0.05) is 11.0 Å². The Kier molecular flexibility index (Phi) is 3.45. The van der Waals surface area contributed by atoms with Crippen molar-refractivity contribution in [3.8, 4) is 0 Å². The van der Waals surface area contributed by atoms with Crippen molar-refractivity contribution in [2.75, 3.05) is 6.54 Å². The Hall–Kier alpha value is -0.100. The van der Waals surface area contributed by atoms with Gasteiger partial charge in [0.15, 0.2) is 0 Å². The Balaban J connectivity index is 1.75. The third-order valence-corrected chi connectivity index (χ3v) is 6.51. The molecule has 2 saturated carbocycles. The third-order valence-electron chi connectivity index (χ3n) is 4.13. The van der Waals surface area contributed by atoms with Gasteiger partial charge in [-0.1, -0.05) is 27.5 Å². The molecule has 0 heterocycles. The van der Waals surface area contributed by atoms with Crippen molar-refractivity contribution in [3.63, 3.8) is 0 Å². The molecule has 2 aliphatic rings. The zero-order valence-electron chi connectivity index (χ0n) is 10.3. The lowest BCUT2D eigenvalue weighted by Gasteiger charge is -2.15. The van der Waals surface area contributed by atoms with Crippen molar-refractivity contribution in [1.29, 1.82) is 0 Å². The lowest BCUT2D eigenvalue weighted by atomic mass is 10.0. The molecule has 0 amide bonds. The zero-order chi connectivity index (χ0) is 13.7. The highest BCUT2D eigenvalue weighted by Gasteiger charge is 2.53. The van der Waals surface area contributed by atoms with Crippen molar-refractivity contribution in [1.82, 2.24) is 4.72 Å². The van der Waals surface area contributed by atoms with Gasteiger partial charge in [-0.15, -0.1) is 0 Å². The Labute approximate surface area is 126 Å². The van der Waals surface area contributed by atoms with E-state index in [2.05, 4.69) is 20.7 Å². The Morgan fingerprint density at radius 2 is 2.05 bits per heavy atom. The van der Waals surface area contributed by atoms with Crippen LogP contribution in [0.25, 0.3) is 0 Å². The number of nitrogens with one attached hydrogen (secondary N) is 1. The molecule has 3 rings (SSSR count). The molecule has 1 aromatic carbocycles. The van der Waals surface area contributed by atoms with E-state index in [4.69, 9.17) is 11.6 Å². The predicted molar refractivity (Wildman–Crippen MR) is 78.7 cm³/mol. The summed E-state index contributed by atoms with van der Waals surface area (Å²) in [7, 11) is -3.51. The minimum absolute atomic E-state index is 0.156. The van der Waals surface area contributed by atoms with E-state index < -0.39 is 10.0 Å². The average Bonchev–Trinajstić information content (AvgIpc) is 3.19. The molecule has 0 unspecified atom stereocenters. The SMILES string of the molecule is O=S(=O)(NCC1(C2CC2)CC1)c1ccc(Br)cc1Cl. The molecule has 3 nitrogen and oxygen atoms in total. The number of benzene rings is 1. The number of hydrogen-bond acceptors (Lipinski definition) is 2. The summed E-state index contributed by atoms with van der Waals surface area (Å²) in [5.74, 6) is 0.732. The topological polar surface area (TPSA) is 46.2 Å². The second kappa shape index (κ2) is 4.72. The lowest BCUT2D eigenvalue weighted by Crippen LogP contribution is -2.31. The van der Waals surface area contributed by atoms with Crippen molar-refractivity contribution >= 4 is 37.6 Å². The van der Waals surface area contributed by atoms with Crippen LogP contribution in [-0.4, -0.2) is 15.0 Å². The first-order valence-corrected chi connectivity index (χ1v) is 9.03. The minimum Gasteiger partial charge on any atom is -0.211 e. The summed E-state index contributed by atoms with van der Waals surface area (Å²) < 4.78 is 28.0. The van der Waals surface area contributed by atoms with Gasteiger partial charge in [-0.05, 0) is 55.2 Å². The molecular formula is C13H15BrClNO2S. The first kappa shape index (κ1) is 13.9. The van der Waals surface area contributed by atoms with Crippen molar-refractivity contribution in [2.45, 2.75) is 30.6 Å². The van der Waals surface area contributed by atoms with E-state index in [-0.39, 0.29) is 15.3 Å². The van der Waals surface area contributed by atoms with Gasteiger partial charge in [0.2, 0.25) is 10.0 Å². The lowest BCUT2D eigenvalue weighted by molar-refractivity contribution is 0.432. The normalized spacial score (nSPS) is 21.4. The third kappa shape index (κ3) is 2.84. The molecule has 0 radical (unpaired) electrons. The van der Waals surface area contributed by atoms with E-state index in [0.717, 1.165) is 23.2 Å². The monoisotopic (exact) mass is 363 g/mol. The van der Waals surface area contributed by atoms with E-state index >= 15 is 0 Å². The Bertz CT molecular complexity index is 609. The van der Waals surface area contributed by atoms with Gasteiger partial charge in [0.05, 0.1) is 5.02 Å². The fraction of sp³-hybridized carbons (Fsp3) is 0.538. The number of sulfonamides is 1. The van der Waals surface area contributed by atoms with Gasteiger partial charge in [0.1, 0.15) is 4.90 Å². The molecule has 0 atom stereocenters. The first-order chi connectivity index (χ1) is 8.93. The van der Waals surface area contributed by atoms with Crippen molar-refractivity contribution < 1.29 is 8.42 Å². The van der Waals surface area contributed by atoms with Gasteiger partial charge >= 0.3 is 0 Å². The van der Waals surface area contributed by atoms with Crippen molar-refractivity contribution in [3.05, 3.63) is 27.7 Å². The Morgan fingerprint density at radius 3 is 2.58 bits per heavy atom. The molecule has 6 heteroatoms. The molecule has 0 spiro atoms. The maximum Gasteiger partial charge on any atom is 0.242 e. The van der Waals surface area contributed by atoms with Gasteiger partial charge < -0.3 is 0 Å². The smallest absolute Gasteiger partial charge is 0.211 e. The van der Waals surface area contributed by atoms with E-state index in [0.29, 0.717) is 6.54 Å². The summed E-state index contributed by atoms with van der Waals surface area (Å²) >= 11 is 9.28. The second-order valence-electron chi connectivity index (χ2n) is 5.54. The minimum atomic E-state index is -3.51. The van der Waals surface area contributed by atoms with Crippen LogP contribution in [0.1, 0.15) is 25.7 Å². The molecule has 1 aromatic rings. The quantitative estimate of drug-likeness (QED) is 0.868. The number of rotatable bonds is 5. The van der Waals surface area contributed by atoms with Crippen LogP contribution in [0.5, 0.6) is 0 Å². The summed E-state index contributed by atoms with van der Waals surface area (Å²) in [6.07, 6.45) is 4.80. The second-order valence-corrected chi connectivity index (χ2v) is 8.59. The summed E-state index contributed by atoms with van der Waals surface area (Å²) in [4.78, 5) is 0.156. The number of hydrogen-bond donors (Lipinski definition) is 1. The fourth-order valence-electron chi connectivity index (χ4n) is 2.60. The Morgan fingerprint density at radius 1 is 1.37 bits per heavy atom. The van der Waals surface area contributed by atoms with Crippen molar-refractivity contribution in [2.24, 2.45) is 11.3 Å². The first-order valence-electron chi connectivity index (χ1n) is 6.38. The average molecular weight is 365 g/mol. The molecule has 0 saturated heterocycles. The highest BCUT2D eigenvalue weighted by molar-refractivity contribution is 9.10. The molecule has 1 N–H and O–H groups in total. The summed E-state index contributed by atoms with van der Waals surface area (Å²) in [6.45, 7) is 0.548. The molecule has 0 aromatic heterocycles. The number of halogens is 2. The summed E-state index contributed by atoms with van der Waals surface area (Å²) in [5, 5.41) is 0.248. The highest BCUT2D eigenvalue weighted by atomic mass is 79.9. The maximum atomic E-state index is 12.3. The molecular weight excluding hydrogens is 350 g/mol.